The molecule has 2 aromatic rings. The van der Waals surface area contributed by atoms with Crippen molar-refractivity contribution in [3.8, 4) is 5.75 Å². The number of urea groups is 1. The number of hydrogen-bond donors (Lipinski definition) is 2. The van der Waals surface area contributed by atoms with Crippen LogP contribution in [0, 0.1) is 0 Å². The summed E-state index contributed by atoms with van der Waals surface area (Å²) in [6.45, 7) is 8.61. The number of benzene rings is 2. The minimum Gasteiger partial charge on any atom is -0.491 e. The summed E-state index contributed by atoms with van der Waals surface area (Å²) in [6, 6.07) is 8.01. The van der Waals surface area contributed by atoms with Crippen LogP contribution in [-0.2, 0) is 27.1 Å². The number of carbonyl (C=O) groups excluding carboxylic acids is 3. The fourth-order valence-electron chi connectivity index (χ4n) is 6.00. The van der Waals surface area contributed by atoms with Crippen LogP contribution in [0.15, 0.2) is 42.5 Å². The van der Waals surface area contributed by atoms with Gasteiger partial charge in [0.2, 0.25) is 5.91 Å². The Morgan fingerprint density at radius 3 is 2.19 bits per heavy atom. The normalized spacial score (nSPS) is 21.0. The van der Waals surface area contributed by atoms with E-state index < -0.39 is 59.5 Å². The van der Waals surface area contributed by atoms with Crippen molar-refractivity contribution in [1.82, 2.24) is 15.1 Å². The van der Waals surface area contributed by atoms with Gasteiger partial charge in [-0.1, -0.05) is 37.6 Å². The van der Waals surface area contributed by atoms with E-state index in [1.165, 1.54) is 4.90 Å². The number of nitrogens with zero attached hydrogens (tertiary/aromatic N) is 3. The summed E-state index contributed by atoms with van der Waals surface area (Å²) in [6.07, 6.45) is -11.5. The number of carbonyl (C=O) groups is 3. The molecule has 2 aromatic carbocycles. The van der Waals surface area contributed by atoms with E-state index >= 15 is 0 Å². The van der Waals surface area contributed by atoms with Gasteiger partial charge in [-0.05, 0) is 63.4 Å². The molecule has 9 nitrogen and oxygen atoms in total. The van der Waals surface area contributed by atoms with Gasteiger partial charge in [-0.15, -0.1) is 0 Å². The molecule has 2 N–H and O–H groups in total. The van der Waals surface area contributed by atoms with Crippen LogP contribution in [0.1, 0.15) is 57.7 Å². The van der Waals surface area contributed by atoms with Gasteiger partial charge in [-0.3, -0.25) is 14.5 Å². The van der Waals surface area contributed by atoms with Crippen molar-refractivity contribution in [2.45, 2.75) is 83.1 Å². The number of imide groups is 1. The highest BCUT2D eigenvalue weighted by atomic mass is 19.4. The number of alkyl halides is 6. The summed E-state index contributed by atoms with van der Waals surface area (Å²) in [7, 11) is 0. The second-order valence-electron chi connectivity index (χ2n) is 12.3. The third-order valence-electron chi connectivity index (χ3n) is 8.50. The number of halogens is 6. The fourth-order valence-corrected chi connectivity index (χ4v) is 6.00. The van der Waals surface area contributed by atoms with Crippen LogP contribution in [0.25, 0.3) is 0 Å². The number of piperazine rings is 1. The Morgan fingerprint density at radius 2 is 1.66 bits per heavy atom. The summed E-state index contributed by atoms with van der Waals surface area (Å²) in [5.41, 5.74) is -6.71. The number of aryl methyl sites for hydroxylation is 1. The van der Waals surface area contributed by atoms with E-state index in [-0.39, 0.29) is 37.7 Å². The van der Waals surface area contributed by atoms with Crippen molar-refractivity contribution in [3.05, 3.63) is 59.2 Å². The minimum atomic E-state index is -6.01. The Kier molecular flexibility index (Phi) is 9.83. The molecule has 47 heavy (non-hydrogen) atoms. The number of ether oxygens (including phenoxy) is 1. The maximum atomic E-state index is 13.5. The van der Waals surface area contributed by atoms with Crippen molar-refractivity contribution in [1.29, 1.82) is 0 Å². The number of amides is 4. The maximum absolute atomic E-state index is 13.5. The first kappa shape index (κ1) is 35.8. The van der Waals surface area contributed by atoms with Crippen molar-refractivity contribution in [2.75, 3.05) is 31.1 Å². The molecule has 0 saturated carbocycles. The Morgan fingerprint density at radius 1 is 1.04 bits per heavy atom. The van der Waals surface area contributed by atoms with Crippen LogP contribution < -0.4 is 15.0 Å². The van der Waals surface area contributed by atoms with Gasteiger partial charge in [-0.25, -0.2) is 4.79 Å². The molecule has 2 heterocycles. The standard InChI is InChI=1S/C32H38F6N4O5/c1-6-7-21-16-23(30(46,31(33,34)35)32(36,37)38)10-13-25(21)41-15-14-40(17-20(41)4)26(43)18-42-27(44)29(5,39-28(42)45)22-8-11-24(12-9-22)47-19(2)3/h8-13,16,19-20,46H,6-7,14-15,17-18H2,1-5H3,(H,39,45)/t20-,29?/m0/s1. The smallest absolute Gasteiger partial charge is 0.430 e. The van der Waals surface area contributed by atoms with E-state index in [9.17, 15) is 45.8 Å². The van der Waals surface area contributed by atoms with Crippen LogP contribution in [0.2, 0.25) is 0 Å². The van der Waals surface area contributed by atoms with Crippen LogP contribution in [0.3, 0.4) is 0 Å². The van der Waals surface area contributed by atoms with Gasteiger partial charge in [-0.2, -0.15) is 26.3 Å². The lowest BCUT2D eigenvalue weighted by Gasteiger charge is -2.42. The molecule has 1 unspecified atom stereocenters. The summed E-state index contributed by atoms with van der Waals surface area (Å²) in [5.74, 6) is -0.525. The molecule has 15 heteroatoms. The molecule has 4 rings (SSSR count). The van der Waals surface area contributed by atoms with Crippen LogP contribution >= 0.6 is 0 Å². The molecule has 0 aliphatic carbocycles. The first-order valence-electron chi connectivity index (χ1n) is 15.2. The highest BCUT2D eigenvalue weighted by Crippen LogP contribution is 2.50. The average Bonchev–Trinajstić information content (AvgIpc) is 3.19. The van der Waals surface area contributed by atoms with Gasteiger partial charge in [0.25, 0.3) is 11.5 Å². The van der Waals surface area contributed by atoms with Crippen molar-refractivity contribution >= 4 is 23.5 Å². The first-order chi connectivity index (χ1) is 21.7. The highest BCUT2D eigenvalue weighted by Gasteiger charge is 2.71. The zero-order valence-corrected chi connectivity index (χ0v) is 26.6. The van der Waals surface area contributed by atoms with E-state index in [0.29, 0.717) is 29.5 Å². The molecular formula is C32H38F6N4O5. The first-order valence-corrected chi connectivity index (χ1v) is 15.2. The lowest BCUT2D eigenvalue weighted by Crippen LogP contribution is -2.56. The number of hydrogen-bond acceptors (Lipinski definition) is 6. The summed E-state index contributed by atoms with van der Waals surface area (Å²) < 4.78 is 86.9. The van der Waals surface area contributed by atoms with E-state index in [4.69, 9.17) is 4.74 Å². The van der Waals surface area contributed by atoms with Gasteiger partial charge in [0.15, 0.2) is 0 Å². The third kappa shape index (κ3) is 6.72. The van der Waals surface area contributed by atoms with Crippen molar-refractivity contribution in [2.24, 2.45) is 0 Å². The van der Waals surface area contributed by atoms with Crippen LogP contribution in [-0.4, -0.2) is 83.4 Å². The van der Waals surface area contributed by atoms with Crippen LogP contribution in [0.5, 0.6) is 5.75 Å². The van der Waals surface area contributed by atoms with Gasteiger partial charge in [0.1, 0.15) is 17.8 Å². The second-order valence-corrected chi connectivity index (χ2v) is 12.3. The molecule has 4 amide bonds. The van der Waals surface area contributed by atoms with Gasteiger partial charge in [0.05, 0.1) is 6.10 Å². The topological polar surface area (TPSA) is 102 Å². The van der Waals surface area contributed by atoms with Gasteiger partial charge in [0, 0.05) is 36.9 Å². The molecule has 0 aromatic heterocycles. The summed E-state index contributed by atoms with van der Waals surface area (Å²) in [5, 5.41) is 12.6. The second kappa shape index (κ2) is 12.9. The van der Waals surface area contributed by atoms with Gasteiger partial charge >= 0.3 is 18.4 Å². The predicted octanol–water partition coefficient (Wildman–Crippen LogP) is 5.24. The van der Waals surface area contributed by atoms with E-state index in [1.807, 2.05) is 13.8 Å². The Labute approximate surface area is 268 Å². The van der Waals surface area contributed by atoms with E-state index in [1.54, 1.807) is 49.9 Å². The molecule has 2 aliphatic heterocycles. The Bertz CT molecular complexity index is 1480. The molecular weight excluding hydrogens is 634 g/mol. The SMILES string of the molecule is CCCc1cc(C(O)(C(F)(F)F)C(F)(F)F)ccc1N1CCN(C(=O)CN2C(=O)NC(C)(c3ccc(OC(C)C)cc3)C2=O)C[C@@H]1C. The Balaban J connectivity index is 1.48. The largest absolute Gasteiger partial charge is 0.491 e. The molecule has 2 aliphatic rings. The molecule has 2 saturated heterocycles. The number of anilines is 1. The monoisotopic (exact) mass is 672 g/mol. The summed E-state index contributed by atoms with van der Waals surface area (Å²) >= 11 is 0. The fraction of sp³-hybridized carbons (Fsp3) is 0.531. The lowest BCUT2D eigenvalue weighted by molar-refractivity contribution is -0.376. The van der Waals surface area contributed by atoms with Crippen molar-refractivity contribution < 1.29 is 50.6 Å². The molecule has 0 bridgehead atoms. The number of rotatable bonds is 9. The lowest BCUT2D eigenvalue weighted by atomic mass is 9.89. The minimum absolute atomic E-state index is 0.0580. The molecule has 0 radical (unpaired) electrons. The quantitative estimate of drug-likeness (QED) is 0.279. The van der Waals surface area contributed by atoms with Crippen molar-refractivity contribution in [3.63, 3.8) is 0 Å². The average molecular weight is 673 g/mol. The van der Waals surface area contributed by atoms with E-state index in [0.717, 1.165) is 17.0 Å². The summed E-state index contributed by atoms with van der Waals surface area (Å²) in [4.78, 5) is 43.7. The Hall–Kier alpha value is -4.01. The number of aliphatic hydroxyl groups is 1. The molecule has 258 valence electrons. The maximum Gasteiger partial charge on any atom is 0.430 e. The van der Waals surface area contributed by atoms with E-state index in [2.05, 4.69) is 5.32 Å². The molecule has 2 atom stereocenters. The predicted molar refractivity (Wildman–Crippen MR) is 160 cm³/mol. The molecule has 2 fully saturated rings. The van der Waals surface area contributed by atoms with Crippen LogP contribution in [0.4, 0.5) is 36.8 Å². The number of nitrogens with one attached hydrogen (secondary N) is 1. The third-order valence-corrected chi connectivity index (χ3v) is 8.50. The zero-order valence-electron chi connectivity index (χ0n) is 26.6. The highest BCUT2D eigenvalue weighted by molar-refractivity contribution is 6.09. The zero-order chi connectivity index (χ0) is 35.1. The molecule has 0 spiro atoms. The van der Waals surface area contributed by atoms with Gasteiger partial charge < -0.3 is 25.0 Å².